The van der Waals surface area contributed by atoms with Crippen LogP contribution in [0.1, 0.15) is 41.5 Å². The molecule has 1 atom stereocenters. The van der Waals surface area contributed by atoms with Crippen LogP contribution in [0, 0.1) is 20.8 Å². The summed E-state index contributed by atoms with van der Waals surface area (Å²) in [5.41, 5.74) is 5.25. The van der Waals surface area contributed by atoms with Gasteiger partial charge in [0.2, 0.25) is 0 Å². The van der Waals surface area contributed by atoms with E-state index in [9.17, 15) is 5.11 Å². The topological polar surface area (TPSA) is 20.2 Å². The van der Waals surface area contributed by atoms with Crippen LogP contribution < -0.4 is 0 Å². The number of aliphatic hydroxyl groups is 1. The van der Waals surface area contributed by atoms with E-state index in [1.807, 2.05) is 0 Å². The van der Waals surface area contributed by atoms with E-state index in [0.717, 1.165) is 6.42 Å². The zero-order valence-corrected chi connectivity index (χ0v) is 9.59. The average molecular weight is 192 g/mol. The Hall–Kier alpha value is -0.820. The van der Waals surface area contributed by atoms with Crippen LogP contribution >= 0.6 is 0 Å². The lowest BCUT2D eigenvalue weighted by Gasteiger charge is -2.17. The monoisotopic (exact) mass is 192 g/mol. The van der Waals surface area contributed by atoms with Crippen molar-refractivity contribution in [2.24, 2.45) is 0 Å². The molecule has 1 rings (SSSR count). The Labute approximate surface area is 86.8 Å². The first kappa shape index (κ1) is 11.3. The molecule has 0 fully saturated rings. The van der Waals surface area contributed by atoms with Crippen molar-refractivity contribution in [2.45, 2.75) is 40.0 Å². The highest BCUT2D eigenvalue weighted by atomic mass is 16.3. The predicted octanol–water partition coefficient (Wildman–Crippen LogP) is 3.10. The normalized spacial score (nSPS) is 12.9. The molecule has 1 N–H and O–H groups in total. The Morgan fingerprint density at radius 2 is 1.64 bits per heavy atom. The second-order valence-electron chi connectivity index (χ2n) is 4.08. The summed E-state index contributed by atoms with van der Waals surface area (Å²) in [5.74, 6) is 0.300. The van der Waals surface area contributed by atoms with Crippen LogP contribution in [0.3, 0.4) is 0 Å². The van der Waals surface area contributed by atoms with Gasteiger partial charge < -0.3 is 5.11 Å². The summed E-state index contributed by atoms with van der Waals surface area (Å²) in [6.45, 7) is 8.75. The van der Waals surface area contributed by atoms with Gasteiger partial charge in [0.25, 0.3) is 0 Å². The summed E-state index contributed by atoms with van der Waals surface area (Å²) in [6, 6.07) is 4.43. The van der Waals surface area contributed by atoms with Crippen LogP contribution in [-0.4, -0.2) is 11.7 Å². The number of hydrogen-bond donors (Lipinski definition) is 1. The SMILES string of the molecule is CCC(CO)c1cc(C)c(C)cc1C. The molecular formula is C13H20O. The molecule has 0 amide bonds. The minimum Gasteiger partial charge on any atom is -0.396 e. The van der Waals surface area contributed by atoms with Gasteiger partial charge >= 0.3 is 0 Å². The van der Waals surface area contributed by atoms with Gasteiger partial charge in [-0.2, -0.15) is 0 Å². The van der Waals surface area contributed by atoms with Crippen molar-refractivity contribution in [2.75, 3.05) is 6.61 Å². The van der Waals surface area contributed by atoms with Gasteiger partial charge in [0.15, 0.2) is 0 Å². The van der Waals surface area contributed by atoms with Crippen LogP contribution in [0.4, 0.5) is 0 Å². The largest absolute Gasteiger partial charge is 0.396 e. The quantitative estimate of drug-likeness (QED) is 0.780. The van der Waals surface area contributed by atoms with Crippen LogP contribution in [0.25, 0.3) is 0 Å². The van der Waals surface area contributed by atoms with Crippen LogP contribution in [0.5, 0.6) is 0 Å². The third-order valence-corrected chi connectivity index (χ3v) is 3.04. The Balaban J connectivity index is 3.14. The summed E-state index contributed by atoms with van der Waals surface area (Å²) >= 11 is 0. The van der Waals surface area contributed by atoms with Crippen molar-refractivity contribution < 1.29 is 5.11 Å². The maximum absolute atomic E-state index is 9.26. The minimum atomic E-state index is 0.250. The molecule has 1 unspecified atom stereocenters. The van der Waals surface area contributed by atoms with Gasteiger partial charge in [0, 0.05) is 12.5 Å². The lowest BCUT2D eigenvalue weighted by atomic mass is 9.90. The van der Waals surface area contributed by atoms with Crippen molar-refractivity contribution in [1.82, 2.24) is 0 Å². The molecule has 0 spiro atoms. The first-order chi connectivity index (χ1) is 6.60. The van der Waals surface area contributed by atoms with E-state index in [1.165, 1.54) is 22.3 Å². The Morgan fingerprint density at radius 1 is 1.07 bits per heavy atom. The molecule has 0 bridgehead atoms. The lowest BCUT2D eigenvalue weighted by molar-refractivity contribution is 0.262. The van der Waals surface area contributed by atoms with Crippen LogP contribution in [-0.2, 0) is 0 Å². The van der Waals surface area contributed by atoms with Crippen molar-refractivity contribution in [3.8, 4) is 0 Å². The Bertz CT molecular complexity index is 311. The highest BCUT2D eigenvalue weighted by molar-refractivity contribution is 5.38. The molecular weight excluding hydrogens is 172 g/mol. The molecule has 0 radical (unpaired) electrons. The molecule has 1 aromatic rings. The standard InChI is InChI=1S/C13H20O/c1-5-12(8-14)13-7-10(3)9(2)6-11(13)4/h6-7,12,14H,5,8H2,1-4H3. The zero-order chi connectivity index (χ0) is 10.7. The fourth-order valence-corrected chi connectivity index (χ4v) is 1.87. The Kier molecular flexibility index (Phi) is 3.70. The van der Waals surface area contributed by atoms with Crippen molar-refractivity contribution in [1.29, 1.82) is 0 Å². The van der Waals surface area contributed by atoms with Gasteiger partial charge in [-0.1, -0.05) is 19.1 Å². The first-order valence-electron chi connectivity index (χ1n) is 5.28. The number of aliphatic hydroxyl groups excluding tert-OH is 1. The smallest absolute Gasteiger partial charge is 0.0499 e. The molecule has 0 heterocycles. The van der Waals surface area contributed by atoms with E-state index < -0.39 is 0 Å². The minimum absolute atomic E-state index is 0.250. The zero-order valence-electron chi connectivity index (χ0n) is 9.59. The van der Waals surface area contributed by atoms with E-state index in [-0.39, 0.29) is 6.61 Å². The van der Waals surface area contributed by atoms with E-state index in [0.29, 0.717) is 5.92 Å². The molecule has 0 aliphatic rings. The van der Waals surface area contributed by atoms with Gasteiger partial charge in [-0.25, -0.2) is 0 Å². The molecule has 1 nitrogen and oxygen atoms in total. The van der Waals surface area contributed by atoms with Gasteiger partial charge in [-0.3, -0.25) is 0 Å². The van der Waals surface area contributed by atoms with E-state index >= 15 is 0 Å². The fourth-order valence-electron chi connectivity index (χ4n) is 1.87. The third-order valence-electron chi connectivity index (χ3n) is 3.04. The number of rotatable bonds is 3. The maximum Gasteiger partial charge on any atom is 0.0499 e. The summed E-state index contributed by atoms with van der Waals surface area (Å²) in [6.07, 6.45) is 1.000. The molecule has 0 aliphatic carbocycles. The molecule has 0 aliphatic heterocycles. The van der Waals surface area contributed by atoms with Crippen molar-refractivity contribution >= 4 is 0 Å². The number of benzene rings is 1. The molecule has 0 saturated heterocycles. The van der Waals surface area contributed by atoms with Gasteiger partial charge in [0.1, 0.15) is 0 Å². The van der Waals surface area contributed by atoms with Crippen molar-refractivity contribution in [3.63, 3.8) is 0 Å². The summed E-state index contributed by atoms with van der Waals surface area (Å²) in [5, 5.41) is 9.26. The Morgan fingerprint density at radius 3 is 2.14 bits per heavy atom. The molecule has 14 heavy (non-hydrogen) atoms. The van der Waals surface area contributed by atoms with E-state index in [4.69, 9.17) is 0 Å². The maximum atomic E-state index is 9.26. The van der Waals surface area contributed by atoms with E-state index in [1.54, 1.807) is 0 Å². The molecule has 1 aromatic carbocycles. The molecule has 1 heteroatoms. The lowest BCUT2D eigenvalue weighted by Crippen LogP contribution is -2.05. The van der Waals surface area contributed by atoms with Gasteiger partial charge in [-0.05, 0) is 49.4 Å². The van der Waals surface area contributed by atoms with Crippen LogP contribution in [0.2, 0.25) is 0 Å². The second-order valence-corrected chi connectivity index (χ2v) is 4.08. The average Bonchev–Trinajstić information content (AvgIpc) is 2.15. The fraction of sp³-hybridized carbons (Fsp3) is 0.538. The molecule has 0 aromatic heterocycles. The predicted molar refractivity (Wildman–Crippen MR) is 60.8 cm³/mol. The first-order valence-corrected chi connectivity index (χ1v) is 5.28. The molecule has 0 saturated carbocycles. The highest BCUT2D eigenvalue weighted by Crippen LogP contribution is 2.25. The van der Waals surface area contributed by atoms with Crippen LogP contribution in [0.15, 0.2) is 12.1 Å². The summed E-state index contributed by atoms with van der Waals surface area (Å²) < 4.78 is 0. The highest BCUT2D eigenvalue weighted by Gasteiger charge is 2.11. The van der Waals surface area contributed by atoms with Gasteiger partial charge in [0.05, 0.1) is 0 Å². The summed E-state index contributed by atoms with van der Waals surface area (Å²) in [4.78, 5) is 0. The van der Waals surface area contributed by atoms with E-state index in [2.05, 4.69) is 39.8 Å². The summed E-state index contributed by atoms with van der Waals surface area (Å²) in [7, 11) is 0. The second kappa shape index (κ2) is 4.61. The molecule has 78 valence electrons. The van der Waals surface area contributed by atoms with Crippen molar-refractivity contribution in [3.05, 3.63) is 34.4 Å². The number of hydrogen-bond acceptors (Lipinski definition) is 1. The van der Waals surface area contributed by atoms with Gasteiger partial charge in [-0.15, -0.1) is 0 Å². The number of aryl methyl sites for hydroxylation is 3. The third kappa shape index (κ3) is 2.16.